The van der Waals surface area contributed by atoms with Crippen molar-refractivity contribution in [3.63, 3.8) is 0 Å². The summed E-state index contributed by atoms with van der Waals surface area (Å²) >= 11 is 1.52. The molecular weight excluding hydrogens is 454 g/mol. The molecule has 1 aromatic carbocycles. The van der Waals surface area contributed by atoms with Crippen LogP contribution in [0.1, 0.15) is 10.4 Å². The van der Waals surface area contributed by atoms with Crippen LogP contribution in [0.4, 0.5) is 4.79 Å². The van der Waals surface area contributed by atoms with Crippen LogP contribution in [0, 0.1) is 11.5 Å². The van der Waals surface area contributed by atoms with E-state index in [2.05, 4.69) is 41.4 Å². The molecule has 0 saturated carbocycles. The first kappa shape index (κ1) is 23.1. The number of ether oxygens (including phenoxy) is 1. The SMILES string of the molecule is C[Si](C)(C)C#Cc1cc2cc(OC(=O)N[C@@H](Cc3ccccc3)C(=O)N3CC(O)C3)[nH]c2s1. The molecule has 33 heavy (non-hydrogen) atoms. The number of β-amino-alcohol motifs (C(OH)–C–C–N with tert-alkyl or cyclic N) is 1. The first-order chi connectivity index (χ1) is 15.7. The average molecular weight is 482 g/mol. The molecule has 0 radical (unpaired) electrons. The van der Waals surface area contributed by atoms with Gasteiger partial charge in [-0.15, -0.1) is 16.9 Å². The number of nitrogens with zero attached hydrogens (tertiary/aromatic N) is 1. The molecule has 7 nitrogen and oxygen atoms in total. The molecule has 1 aliphatic rings. The molecule has 9 heteroatoms. The number of hydrogen-bond acceptors (Lipinski definition) is 5. The van der Waals surface area contributed by atoms with Crippen LogP contribution in [0.2, 0.25) is 19.6 Å². The lowest BCUT2D eigenvalue weighted by atomic mass is 10.0. The van der Waals surface area contributed by atoms with Crippen molar-refractivity contribution < 1.29 is 19.4 Å². The monoisotopic (exact) mass is 481 g/mol. The molecule has 1 fully saturated rings. The first-order valence-electron chi connectivity index (χ1n) is 10.8. The number of hydrogen-bond donors (Lipinski definition) is 3. The number of rotatable bonds is 5. The Morgan fingerprint density at radius 3 is 2.64 bits per heavy atom. The van der Waals surface area contributed by atoms with E-state index in [1.165, 1.54) is 16.2 Å². The zero-order valence-corrected chi connectivity index (χ0v) is 20.7. The molecule has 2 amide bonds. The Labute approximate surface area is 197 Å². The number of aromatic amines is 1. The fourth-order valence-corrected chi connectivity index (χ4v) is 4.94. The van der Waals surface area contributed by atoms with Crippen molar-refractivity contribution in [2.45, 2.75) is 38.2 Å². The normalized spacial score (nSPS) is 14.8. The van der Waals surface area contributed by atoms with Crippen LogP contribution in [0.5, 0.6) is 5.88 Å². The van der Waals surface area contributed by atoms with Crippen LogP contribution in [-0.2, 0) is 11.2 Å². The van der Waals surface area contributed by atoms with Gasteiger partial charge < -0.3 is 25.0 Å². The number of likely N-dealkylation sites (tertiary alicyclic amines) is 1. The average Bonchev–Trinajstić information content (AvgIpc) is 3.27. The van der Waals surface area contributed by atoms with Gasteiger partial charge >= 0.3 is 6.09 Å². The highest BCUT2D eigenvalue weighted by Gasteiger charge is 2.34. The van der Waals surface area contributed by atoms with Gasteiger partial charge in [-0.3, -0.25) is 4.79 Å². The van der Waals surface area contributed by atoms with Gasteiger partial charge in [-0.1, -0.05) is 55.9 Å². The lowest BCUT2D eigenvalue weighted by Crippen LogP contribution is -2.60. The predicted molar refractivity (Wildman–Crippen MR) is 132 cm³/mol. The van der Waals surface area contributed by atoms with Crippen molar-refractivity contribution in [3.05, 3.63) is 52.9 Å². The van der Waals surface area contributed by atoms with Crippen molar-refractivity contribution in [1.29, 1.82) is 0 Å². The van der Waals surface area contributed by atoms with E-state index in [0.717, 1.165) is 20.7 Å². The largest absolute Gasteiger partial charge is 0.414 e. The van der Waals surface area contributed by atoms with E-state index in [9.17, 15) is 14.7 Å². The van der Waals surface area contributed by atoms with Crippen LogP contribution >= 0.6 is 11.3 Å². The maximum atomic E-state index is 12.9. The van der Waals surface area contributed by atoms with Gasteiger partial charge in [0.1, 0.15) is 18.9 Å². The summed E-state index contributed by atoms with van der Waals surface area (Å²) in [5.74, 6) is 3.31. The van der Waals surface area contributed by atoms with Gasteiger partial charge in [0.15, 0.2) is 0 Å². The van der Waals surface area contributed by atoms with Crippen molar-refractivity contribution >= 4 is 41.6 Å². The number of fused-ring (bicyclic) bond motifs is 1. The quantitative estimate of drug-likeness (QED) is 0.385. The van der Waals surface area contributed by atoms with Gasteiger partial charge in [-0.25, -0.2) is 4.79 Å². The minimum absolute atomic E-state index is 0.237. The van der Waals surface area contributed by atoms with E-state index >= 15 is 0 Å². The molecule has 0 bridgehead atoms. The summed E-state index contributed by atoms with van der Waals surface area (Å²) in [4.78, 5) is 31.9. The minimum Gasteiger partial charge on any atom is -0.393 e. The van der Waals surface area contributed by atoms with Crippen LogP contribution in [0.3, 0.4) is 0 Å². The maximum Gasteiger partial charge on any atom is 0.414 e. The first-order valence-corrected chi connectivity index (χ1v) is 15.1. The van der Waals surface area contributed by atoms with E-state index in [-0.39, 0.29) is 19.0 Å². The second-order valence-corrected chi connectivity index (χ2v) is 15.0. The summed E-state index contributed by atoms with van der Waals surface area (Å²) in [6.07, 6.45) is -0.885. The molecule has 3 heterocycles. The Hall–Kier alpha value is -3.06. The van der Waals surface area contributed by atoms with Gasteiger partial charge in [0.2, 0.25) is 11.8 Å². The van der Waals surface area contributed by atoms with Gasteiger partial charge in [0, 0.05) is 31.0 Å². The number of benzene rings is 1. The van der Waals surface area contributed by atoms with Gasteiger partial charge in [0.25, 0.3) is 0 Å². The molecule has 3 N–H and O–H groups in total. The van der Waals surface area contributed by atoms with Crippen molar-refractivity contribution in [1.82, 2.24) is 15.2 Å². The third-order valence-electron chi connectivity index (χ3n) is 5.09. The predicted octanol–water partition coefficient (Wildman–Crippen LogP) is 3.36. The molecule has 172 valence electrons. The Bertz CT molecular complexity index is 1180. The Kier molecular flexibility index (Phi) is 6.60. The molecule has 1 atom stereocenters. The van der Waals surface area contributed by atoms with Crippen LogP contribution in [0.25, 0.3) is 10.2 Å². The summed E-state index contributed by atoms with van der Waals surface area (Å²) in [6, 6.07) is 12.4. The summed E-state index contributed by atoms with van der Waals surface area (Å²) in [5.41, 5.74) is 4.27. The standard InChI is InChI=1S/C24H27N3O4SSi/c1-33(2,3)10-9-19-12-17-13-21(26-22(17)32-19)31-24(30)25-20(11-16-7-5-4-6-8-16)23(29)27-14-18(28)15-27/h4-8,12-13,18,20,26,28H,11,14-15H2,1-3H3,(H,25,30)/t20-/m0/s1. The van der Waals surface area contributed by atoms with Gasteiger partial charge in [-0.05, 0) is 11.6 Å². The topological polar surface area (TPSA) is 94.7 Å². The zero-order valence-electron chi connectivity index (χ0n) is 18.8. The number of aliphatic hydroxyl groups is 1. The number of carbonyl (C=O) groups excluding carboxylic acids is 2. The lowest BCUT2D eigenvalue weighted by Gasteiger charge is -2.38. The second-order valence-electron chi connectivity index (χ2n) is 9.20. The van der Waals surface area contributed by atoms with Crippen LogP contribution in [-0.4, -0.2) is 60.3 Å². The van der Waals surface area contributed by atoms with Crippen molar-refractivity contribution in [2.24, 2.45) is 0 Å². The van der Waals surface area contributed by atoms with Crippen LogP contribution in [0.15, 0.2) is 42.5 Å². The maximum absolute atomic E-state index is 12.9. The molecule has 0 unspecified atom stereocenters. The molecule has 0 aliphatic carbocycles. The Morgan fingerprint density at radius 2 is 2.00 bits per heavy atom. The van der Waals surface area contributed by atoms with Crippen molar-refractivity contribution in [2.75, 3.05) is 13.1 Å². The van der Waals surface area contributed by atoms with E-state index in [0.29, 0.717) is 12.3 Å². The Morgan fingerprint density at radius 1 is 1.27 bits per heavy atom. The van der Waals surface area contributed by atoms with E-state index < -0.39 is 26.3 Å². The second kappa shape index (κ2) is 9.43. The van der Waals surface area contributed by atoms with Crippen molar-refractivity contribution in [3.8, 4) is 17.3 Å². The highest BCUT2D eigenvalue weighted by Crippen LogP contribution is 2.28. The van der Waals surface area contributed by atoms with Crippen LogP contribution < -0.4 is 10.1 Å². The van der Waals surface area contributed by atoms with E-state index in [1.807, 2.05) is 36.4 Å². The summed E-state index contributed by atoms with van der Waals surface area (Å²) in [5, 5.41) is 13.2. The number of aliphatic hydroxyl groups excluding tert-OH is 1. The number of H-pyrrole nitrogens is 1. The molecule has 2 aromatic heterocycles. The molecule has 3 aromatic rings. The lowest BCUT2D eigenvalue weighted by molar-refractivity contribution is -0.143. The summed E-state index contributed by atoms with van der Waals surface area (Å²) in [6.45, 7) is 7.14. The molecular formula is C24H27N3O4SSi. The summed E-state index contributed by atoms with van der Waals surface area (Å²) < 4.78 is 5.43. The number of thiophene rings is 1. The number of aromatic nitrogens is 1. The Balaban J connectivity index is 1.43. The highest BCUT2D eigenvalue weighted by atomic mass is 32.1. The zero-order chi connectivity index (χ0) is 23.6. The smallest absolute Gasteiger partial charge is 0.393 e. The highest BCUT2D eigenvalue weighted by molar-refractivity contribution is 7.19. The number of nitrogens with one attached hydrogen (secondary N) is 2. The fourth-order valence-electron chi connectivity index (χ4n) is 3.44. The minimum atomic E-state index is -1.45. The van der Waals surface area contributed by atoms with E-state index in [4.69, 9.17) is 4.74 Å². The molecule has 1 aliphatic heterocycles. The number of amides is 2. The number of carbonyl (C=O) groups is 2. The van der Waals surface area contributed by atoms with E-state index in [1.54, 1.807) is 6.07 Å². The third kappa shape index (κ3) is 6.04. The third-order valence-corrected chi connectivity index (χ3v) is 6.95. The molecule has 4 rings (SSSR count). The summed E-state index contributed by atoms with van der Waals surface area (Å²) in [7, 11) is -1.45. The van der Waals surface area contributed by atoms with Gasteiger partial charge in [0.05, 0.1) is 11.0 Å². The fraction of sp³-hybridized carbons (Fsp3) is 0.333. The molecule has 1 saturated heterocycles. The molecule has 0 spiro atoms. The van der Waals surface area contributed by atoms with Gasteiger partial charge in [-0.2, -0.15) is 0 Å².